The molecule has 2 aromatic carbocycles. The zero-order chi connectivity index (χ0) is 21.3. The predicted molar refractivity (Wildman–Crippen MR) is 108 cm³/mol. The summed E-state index contributed by atoms with van der Waals surface area (Å²) in [6.07, 6.45) is 0.0416. The first kappa shape index (κ1) is 20.3. The van der Waals surface area contributed by atoms with E-state index in [-0.39, 0.29) is 29.5 Å². The summed E-state index contributed by atoms with van der Waals surface area (Å²) in [6.45, 7) is 1.12. The van der Waals surface area contributed by atoms with Crippen molar-refractivity contribution in [1.82, 2.24) is 4.72 Å². The molecular weight excluding hydrogens is 412 g/mol. The molecule has 0 radical (unpaired) electrons. The highest BCUT2D eigenvalue weighted by atomic mass is 32.2. The average molecular weight is 434 g/mol. The number of hydrogen-bond acceptors (Lipinski definition) is 7. The number of fused-ring (bicyclic) bond motifs is 1. The molecule has 10 heteroatoms. The fourth-order valence-corrected chi connectivity index (χ4v) is 4.92. The molecule has 1 atom stereocenters. The summed E-state index contributed by atoms with van der Waals surface area (Å²) in [5.74, 6) is 1.58. The number of amides is 1. The Bertz CT molecular complexity index is 1070. The molecule has 160 valence electrons. The molecule has 0 bridgehead atoms. The normalized spacial score (nSPS) is 18.4. The number of carbonyl (C=O) groups is 1. The van der Waals surface area contributed by atoms with Crippen molar-refractivity contribution in [3.8, 4) is 23.0 Å². The summed E-state index contributed by atoms with van der Waals surface area (Å²) in [5.41, 5.74) is 0.630. The number of anilines is 1. The molecule has 4 rings (SSSR count). The average Bonchev–Trinajstić information content (AvgIpc) is 3.12. The van der Waals surface area contributed by atoms with Gasteiger partial charge in [0.1, 0.15) is 29.6 Å². The molecular formula is C20H22N2O7S. The zero-order valence-corrected chi connectivity index (χ0v) is 17.4. The van der Waals surface area contributed by atoms with E-state index in [0.29, 0.717) is 36.1 Å². The molecule has 9 nitrogen and oxygen atoms in total. The third kappa shape index (κ3) is 3.88. The van der Waals surface area contributed by atoms with Gasteiger partial charge in [0.05, 0.1) is 14.2 Å². The van der Waals surface area contributed by atoms with Crippen LogP contribution in [0.4, 0.5) is 5.69 Å². The lowest BCUT2D eigenvalue weighted by molar-refractivity contribution is -0.117. The number of rotatable bonds is 6. The molecule has 0 spiro atoms. The Balaban J connectivity index is 1.53. The van der Waals surface area contributed by atoms with Crippen LogP contribution in [0.25, 0.3) is 0 Å². The van der Waals surface area contributed by atoms with Gasteiger partial charge in [0.2, 0.25) is 15.9 Å². The molecule has 1 unspecified atom stereocenters. The van der Waals surface area contributed by atoms with Crippen LogP contribution < -0.4 is 28.6 Å². The van der Waals surface area contributed by atoms with Crippen LogP contribution >= 0.6 is 0 Å². The van der Waals surface area contributed by atoms with Crippen molar-refractivity contribution in [2.45, 2.75) is 17.4 Å². The molecule has 0 aromatic heterocycles. The number of sulfonamides is 1. The number of benzene rings is 2. The first-order valence-corrected chi connectivity index (χ1v) is 10.8. The zero-order valence-electron chi connectivity index (χ0n) is 16.6. The topological polar surface area (TPSA) is 103 Å². The van der Waals surface area contributed by atoms with Crippen molar-refractivity contribution in [1.29, 1.82) is 0 Å². The van der Waals surface area contributed by atoms with E-state index in [2.05, 4.69) is 4.72 Å². The van der Waals surface area contributed by atoms with Crippen LogP contribution in [0.5, 0.6) is 23.0 Å². The third-order valence-corrected chi connectivity index (χ3v) is 6.49. The fraction of sp³-hybridized carbons (Fsp3) is 0.350. The summed E-state index contributed by atoms with van der Waals surface area (Å²) in [6, 6.07) is 9.16. The van der Waals surface area contributed by atoms with Crippen LogP contribution in [-0.4, -0.2) is 54.3 Å². The Hall–Kier alpha value is -2.98. The van der Waals surface area contributed by atoms with Gasteiger partial charge in [-0.25, -0.2) is 13.1 Å². The SMILES string of the molecule is COc1ccc(OC)c(S(=O)(=O)NC2CC(=O)N(c3ccc4c(c3)OCCO4)C2)c1. The molecule has 0 aliphatic carbocycles. The molecule has 1 amide bonds. The minimum absolute atomic E-state index is 0.0416. The van der Waals surface area contributed by atoms with E-state index < -0.39 is 16.1 Å². The monoisotopic (exact) mass is 434 g/mol. The van der Waals surface area contributed by atoms with Crippen LogP contribution in [-0.2, 0) is 14.8 Å². The van der Waals surface area contributed by atoms with E-state index in [1.807, 2.05) is 0 Å². The lowest BCUT2D eigenvalue weighted by Crippen LogP contribution is -2.37. The Morgan fingerprint density at radius 3 is 2.53 bits per heavy atom. The van der Waals surface area contributed by atoms with Crippen molar-refractivity contribution in [3.63, 3.8) is 0 Å². The second kappa shape index (κ2) is 8.04. The van der Waals surface area contributed by atoms with Crippen LogP contribution in [0.1, 0.15) is 6.42 Å². The van der Waals surface area contributed by atoms with E-state index in [9.17, 15) is 13.2 Å². The first-order valence-electron chi connectivity index (χ1n) is 9.35. The van der Waals surface area contributed by atoms with Crippen molar-refractivity contribution in [2.75, 3.05) is 38.9 Å². The maximum atomic E-state index is 13.0. The molecule has 2 heterocycles. The lowest BCUT2D eigenvalue weighted by Gasteiger charge is -2.22. The number of methoxy groups -OCH3 is 2. The van der Waals surface area contributed by atoms with E-state index >= 15 is 0 Å². The summed E-state index contributed by atoms with van der Waals surface area (Å²) in [7, 11) is -1.10. The van der Waals surface area contributed by atoms with Gasteiger partial charge in [0.15, 0.2) is 11.5 Å². The van der Waals surface area contributed by atoms with E-state index in [1.165, 1.54) is 31.3 Å². The van der Waals surface area contributed by atoms with Crippen molar-refractivity contribution < 1.29 is 32.2 Å². The van der Waals surface area contributed by atoms with Gasteiger partial charge in [-0.15, -0.1) is 0 Å². The van der Waals surface area contributed by atoms with Crippen LogP contribution in [0.3, 0.4) is 0 Å². The van der Waals surface area contributed by atoms with Crippen molar-refractivity contribution >= 4 is 21.6 Å². The number of nitrogens with zero attached hydrogens (tertiary/aromatic N) is 1. The molecule has 2 aliphatic rings. The summed E-state index contributed by atoms with van der Waals surface area (Å²) < 4.78 is 49.9. The maximum absolute atomic E-state index is 13.0. The Labute approximate surface area is 174 Å². The maximum Gasteiger partial charge on any atom is 0.244 e. The van der Waals surface area contributed by atoms with Crippen LogP contribution in [0.2, 0.25) is 0 Å². The van der Waals surface area contributed by atoms with Crippen LogP contribution in [0.15, 0.2) is 41.3 Å². The minimum Gasteiger partial charge on any atom is -0.497 e. The molecule has 2 aliphatic heterocycles. The van der Waals surface area contributed by atoms with Gasteiger partial charge in [-0.1, -0.05) is 0 Å². The highest BCUT2D eigenvalue weighted by Crippen LogP contribution is 2.35. The van der Waals surface area contributed by atoms with E-state index in [0.717, 1.165) is 0 Å². The molecule has 1 fully saturated rings. The van der Waals surface area contributed by atoms with Gasteiger partial charge < -0.3 is 23.8 Å². The smallest absolute Gasteiger partial charge is 0.244 e. The standard InChI is InChI=1S/C20H22N2O7S/c1-26-15-4-6-17(27-2)19(11-15)30(24,25)21-13-9-20(23)22(12-13)14-3-5-16-18(10-14)29-8-7-28-16/h3-6,10-11,13,21H,7-9,12H2,1-2H3. The molecule has 1 saturated heterocycles. The Morgan fingerprint density at radius 2 is 1.80 bits per heavy atom. The Morgan fingerprint density at radius 1 is 1.03 bits per heavy atom. The lowest BCUT2D eigenvalue weighted by atomic mass is 10.2. The highest BCUT2D eigenvalue weighted by molar-refractivity contribution is 7.89. The van der Waals surface area contributed by atoms with E-state index in [1.54, 1.807) is 24.3 Å². The summed E-state index contributed by atoms with van der Waals surface area (Å²) in [4.78, 5) is 14.1. The highest BCUT2D eigenvalue weighted by Gasteiger charge is 2.35. The van der Waals surface area contributed by atoms with Gasteiger partial charge in [0, 0.05) is 36.8 Å². The van der Waals surface area contributed by atoms with E-state index in [4.69, 9.17) is 18.9 Å². The second-order valence-electron chi connectivity index (χ2n) is 6.87. The summed E-state index contributed by atoms with van der Waals surface area (Å²) in [5, 5.41) is 0. The van der Waals surface area contributed by atoms with Gasteiger partial charge in [-0.05, 0) is 24.3 Å². The molecule has 0 saturated carbocycles. The number of carbonyl (C=O) groups excluding carboxylic acids is 1. The van der Waals surface area contributed by atoms with Gasteiger partial charge in [0.25, 0.3) is 0 Å². The predicted octanol–water partition coefficient (Wildman–Crippen LogP) is 1.56. The van der Waals surface area contributed by atoms with Crippen molar-refractivity contribution in [2.24, 2.45) is 0 Å². The first-order chi connectivity index (χ1) is 14.4. The van der Waals surface area contributed by atoms with Crippen molar-refractivity contribution in [3.05, 3.63) is 36.4 Å². The van der Waals surface area contributed by atoms with Gasteiger partial charge in [-0.3, -0.25) is 4.79 Å². The fourth-order valence-electron chi connectivity index (χ4n) is 3.51. The third-order valence-electron chi connectivity index (χ3n) is 4.94. The van der Waals surface area contributed by atoms with Gasteiger partial charge in [-0.2, -0.15) is 0 Å². The quantitative estimate of drug-likeness (QED) is 0.736. The van der Waals surface area contributed by atoms with Crippen LogP contribution in [0, 0.1) is 0 Å². The van der Waals surface area contributed by atoms with Gasteiger partial charge >= 0.3 is 0 Å². The summed E-state index contributed by atoms with van der Waals surface area (Å²) >= 11 is 0. The second-order valence-corrected chi connectivity index (χ2v) is 8.55. The number of ether oxygens (including phenoxy) is 4. The molecule has 2 aromatic rings. The molecule has 30 heavy (non-hydrogen) atoms. The Kier molecular flexibility index (Phi) is 5.44. The molecule has 1 N–H and O–H groups in total. The largest absolute Gasteiger partial charge is 0.497 e. The number of nitrogens with one attached hydrogen (secondary N) is 1. The minimum atomic E-state index is -3.94. The number of hydrogen-bond donors (Lipinski definition) is 1.